The minimum absolute atomic E-state index is 0.156. The molecule has 130 valence electrons. The first-order valence-corrected chi connectivity index (χ1v) is 9.31. The maximum Gasteiger partial charge on any atom is 0.272 e. The summed E-state index contributed by atoms with van der Waals surface area (Å²) in [5.41, 5.74) is 4.61. The van der Waals surface area contributed by atoms with E-state index in [4.69, 9.17) is 0 Å². The van der Waals surface area contributed by atoms with Crippen LogP contribution in [0.4, 0.5) is 0 Å². The van der Waals surface area contributed by atoms with Gasteiger partial charge in [-0.15, -0.1) is 11.3 Å². The average Bonchev–Trinajstić information content (AvgIpc) is 3.28. The number of para-hydroxylation sites is 1. The zero-order valence-electron chi connectivity index (χ0n) is 14.3. The van der Waals surface area contributed by atoms with Gasteiger partial charge in [0.1, 0.15) is 0 Å². The highest BCUT2D eigenvalue weighted by Gasteiger charge is 2.13. The lowest BCUT2D eigenvalue weighted by Crippen LogP contribution is -2.26. The fourth-order valence-electron chi connectivity index (χ4n) is 2.88. The number of hydrogen-bond acceptors (Lipinski definition) is 4. The van der Waals surface area contributed by atoms with E-state index in [-0.39, 0.29) is 5.91 Å². The van der Waals surface area contributed by atoms with Gasteiger partial charge in [0.05, 0.1) is 16.2 Å². The number of rotatable bonds is 5. The molecule has 2 N–H and O–H groups in total. The number of nitrogens with one attached hydrogen (secondary N) is 2. The number of aryl methyl sites for hydroxylation is 1. The molecule has 0 spiro atoms. The predicted molar refractivity (Wildman–Crippen MR) is 104 cm³/mol. The monoisotopic (exact) mass is 362 g/mol. The molecule has 0 aliphatic rings. The van der Waals surface area contributed by atoms with Crippen LogP contribution >= 0.6 is 11.3 Å². The number of nitrogens with zero attached hydrogens (tertiary/aromatic N) is 2. The molecule has 26 heavy (non-hydrogen) atoms. The van der Waals surface area contributed by atoms with Crippen LogP contribution in [0.2, 0.25) is 0 Å². The molecule has 4 aromatic rings. The quantitative estimate of drug-likeness (QED) is 0.564. The maximum absolute atomic E-state index is 12.4. The Bertz CT molecular complexity index is 1050. The molecule has 0 fully saturated rings. The molecule has 1 amide bonds. The van der Waals surface area contributed by atoms with E-state index >= 15 is 0 Å². The lowest BCUT2D eigenvalue weighted by Gasteiger charge is -2.05. The molecule has 2 aromatic carbocycles. The first-order valence-electron chi connectivity index (χ1n) is 8.43. The third kappa shape index (κ3) is 3.36. The molecule has 0 aliphatic carbocycles. The molecule has 2 aromatic heterocycles. The third-order valence-electron chi connectivity index (χ3n) is 4.25. The number of hydrogen-bond donors (Lipinski definition) is 2. The molecule has 0 saturated carbocycles. The second kappa shape index (κ2) is 7.09. The van der Waals surface area contributed by atoms with Gasteiger partial charge >= 0.3 is 0 Å². The minimum atomic E-state index is -0.156. The Morgan fingerprint density at radius 1 is 1.15 bits per heavy atom. The van der Waals surface area contributed by atoms with Crippen molar-refractivity contribution in [3.63, 3.8) is 0 Å². The highest BCUT2D eigenvalue weighted by molar-refractivity contribution is 7.09. The van der Waals surface area contributed by atoms with Crippen LogP contribution in [0.3, 0.4) is 0 Å². The minimum Gasteiger partial charge on any atom is -0.350 e. The number of H-pyrrole nitrogens is 1. The SMILES string of the molecule is Cc1nc(-c2ccc(CCNC(=O)c3n[nH]c4ccccc34)cc2)cs1. The molecule has 2 heterocycles. The van der Waals surface area contributed by atoms with Crippen molar-refractivity contribution in [2.45, 2.75) is 13.3 Å². The molecule has 5 nitrogen and oxygen atoms in total. The molecule has 0 saturated heterocycles. The summed E-state index contributed by atoms with van der Waals surface area (Å²) in [4.78, 5) is 16.9. The Balaban J connectivity index is 1.36. The van der Waals surface area contributed by atoms with Crippen LogP contribution in [-0.4, -0.2) is 27.6 Å². The molecule has 0 radical (unpaired) electrons. The van der Waals surface area contributed by atoms with Crippen molar-refractivity contribution in [3.8, 4) is 11.3 Å². The number of carbonyl (C=O) groups excluding carboxylic acids is 1. The van der Waals surface area contributed by atoms with Gasteiger partial charge < -0.3 is 5.32 Å². The first kappa shape index (κ1) is 16.5. The summed E-state index contributed by atoms with van der Waals surface area (Å²) in [7, 11) is 0. The number of benzene rings is 2. The van der Waals surface area contributed by atoms with E-state index in [0.717, 1.165) is 33.6 Å². The van der Waals surface area contributed by atoms with Gasteiger partial charge in [-0.05, 0) is 25.0 Å². The number of aromatic amines is 1. The molecule has 4 rings (SSSR count). The largest absolute Gasteiger partial charge is 0.350 e. The van der Waals surface area contributed by atoms with Crippen molar-refractivity contribution in [2.24, 2.45) is 0 Å². The zero-order valence-corrected chi connectivity index (χ0v) is 15.1. The second-order valence-corrected chi connectivity index (χ2v) is 7.13. The Morgan fingerprint density at radius 2 is 1.96 bits per heavy atom. The Kier molecular flexibility index (Phi) is 4.50. The second-order valence-electron chi connectivity index (χ2n) is 6.07. The summed E-state index contributed by atoms with van der Waals surface area (Å²) in [6.45, 7) is 2.57. The summed E-state index contributed by atoms with van der Waals surface area (Å²) >= 11 is 1.65. The number of fused-ring (bicyclic) bond motifs is 1. The van der Waals surface area contributed by atoms with Crippen LogP contribution in [0.5, 0.6) is 0 Å². The van der Waals surface area contributed by atoms with Crippen molar-refractivity contribution >= 4 is 28.1 Å². The summed E-state index contributed by atoms with van der Waals surface area (Å²) in [6, 6.07) is 15.9. The molecule has 6 heteroatoms. The van der Waals surface area contributed by atoms with Gasteiger partial charge in [-0.3, -0.25) is 9.89 Å². The number of carbonyl (C=O) groups is 1. The first-order chi connectivity index (χ1) is 12.7. The normalized spacial score (nSPS) is 11.0. The van der Waals surface area contributed by atoms with Gasteiger partial charge in [-0.1, -0.05) is 42.5 Å². The van der Waals surface area contributed by atoms with Gasteiger partial charge in [0.15, 0.2) is 5.69 Å². The van der Waals surface area contributed by atoms with Crippen LogP contribution in [-0.2, 0) is 6.42 Å². The van der Waals surface area contributed by atoms with Crippen LogP contribution in [0.1, 0.15) is 21.1 Å². The van der Waals surface area contributed by atoms with E-state index in [0.29, 0.717) is 12.2 Å². The van der Waals surface area contributed by atoms with Gasteiger partial charge in [0.25, 0.3) is 5.91 Å². The van der Waals surface area contributed by atoms with Crippen molar-refractivity contribution in [3.05, 3.63) is 70.2 Å². The highest BCUT2D eigenvalue weighted by atomic mass is 32.1. The van der Waals surface area contributed by atoms with Gasteiger partial charge in [0.2, 0.25) is 0 Å². The van der Waals surface area contributed by atoms with E-state index in [1.54, 1.807) is 11.3 Å². The van der Waals surface area contributed by atoms with Gasteiger partial charge in [-0.2, -0.15) is 5.10 Å². The van der Waals surface area contributed by atoms with E-state index < -0.39 is 0 Å². The molecule has 0 bridgehead atoms. The average molecular weight is 362 g/mol. The molecule has 0 unspecified atom stereocenters. The molecule has 0 aliphatic heterocycles. The summed E-state index contributed by atoms with van der Waals surface area (Å²) in [5.74, 6) is -0.156. The van der Waals surface area contributed by atoms with E-state index in [1.165, 1.54) is 5.56 Å². The Morgan fingerprint density at radius 3 is 2.73 bits per heavy atom. The molecule has 0 atom stereocenters. The zero-order chi connectivity index (χ0) is 17.9. The Labute approximate surface area is 155 Å². The van der Waals surface area contributed by atoms with E-state index in [1.807, 2.05) is 31.2 Å². The topological polar surface area (TPSA) is 70.7 Å². The fraction of sp³-hybridized carbons (Fsp3) is 0.150. The molecular formula is C20H18N4OS. The number of aromatic nitrogens is 3. The highest BCUT2D eigenvalue weighted by Crippen LogP contribution is 2.22. The standard InChI is InChI=1S/C20H18N4OS/c1-13-22-18(12-26-13)15-8-6-14(7-9-15)10-11-21-20(25)19-16-4-2-3-5-17(16)23-24-19/h2-9,12H,10-11H2,1H3,(H,21,25)(H,23,24). The van der Waals surface area contributed by atoms with Gasteiger partial charge in [0, 0.05) is 22.9 Å². The van der Waals surface area contributed by atoms with E-state index in [9.17, 15) is 4.79 Å². The lowest BCUT2D eigenvalue weighted by molar-refractivity contribution is 0.0950. The van der Waals surface area contributed by atoms with Crippen molar-refractivity contribution < 1.29 is 4.79 Å². The number of amides is 1. The Hall–Kier alpha value is -2.99. The predicted octanol–water partition coefficient (Wildman–Crippen LogP) is 3.97. The van der Waals surface area contributed by atoms with Crippen LogP contribution in [0, 0.1) is 6.92 Å². The fourth-order valence-corrected chi connectivity index (χ4v) is 3.50. The van der Waals surface area contributed by atoms with Crippen molar-refractivity contribution in [1.82, 2.24) is 20.5 Å². The molecular weight excluding hydrogens is 344 g/mol. The summed E-state index contributed by atoms with van der Waals surface area (Å²) in [6.07, 6.45) is 0.768. The maximum atomic E-state index is 12.4. The van der Waals surface area contributed by atoms with Crippen LogP contribution in [0.15, 0.2) is 53.9 Å². The van der Waals surface area contributed by atoms with Crippen molar-refractivity contribution in [1.29, 1.82) is 0 Å². The summed E-state index contributed by atoms with van der Waals surface area (Å²) < 4.78 is 0. The van der Waals surface area contributed by atoms with Crippen molar-refractivity contribution in [2.75, 3.05) is 6.54 Å². The lowest BCUT2D eigenvalue weighted by atomic mass is 10.1. The van der Waals surface area contributed by atoms with E-state index in [2.05, 4.69) is 50.1 Å². The van der Waals surface area contributed by atoms with Crippen LogP contribution in [0.25, 0.3) is 22.2 Å². The van der Waals surface area contributed by atoms with Crippen LogP contribution < -0.4 is 5.32 Å². The number of thiazole rings is 1. The van der Waals surface area contributed by atoms with Gasteiger partial charge in [-0.25, -0.2) is 4.98 Å². The summed E-state index contributed by atoms with van der Waals surface area (Å²) in [5, 5.41) is 13.9. The third-order valence-corrected chi connectivity index (χ3v) is 5.03. The smallest absolute Gasteiger partial charge is 0.272 e.